The first-order valence-corrected chi connectivity index (χ1v) is 7.45. The Hall–Kier alpha value is -1.56. The predicted molar refractivity (Wildman–Crippen MR) is 74.4 cm³/mol. The number of carbonyl (C=O) groups excluding carboxylic acids is 1. The predicted octanol–water partition coefficient (Wildman–Crippen LogP) is 1.41. The lowest BCUT2D eigenvalue weighted by Gasteiger charge is -2.34. The average molecular weight is 278 g/mol. The lowest BCUT2D eigenvalue weighted by atomic mass is 10.1. The lowest BCUT2D eigenvalue weighted by molar-refractivity contribution is 0.0771. The van der Waals surface area contributed by atoms with Gasteiger partial charge in [0.25, 0.3) is 0 Å². The van der Waals surface area contributed by atoms with E-state index in [1.54, 1.807) is 0 Å². The first-order valence-electron chi connectivity index (χ1n) is 7.45. The van der Waals surface area contributed by atoms with E-state index in [1.807, 2.05) is 28.0 Å². The minimum absolute atomic E-state index is 0.0795. The van der Waals surface area contributed by atoms with Crippen LogP contribution in [0.15, 0.2) is 18.5 Å². The standard InChI is InChI=1S/C14H22N4O2/c19-14(16-12-4-10-20-11-5-12)17-8-2-13(3-9-17)18-7-1-6-15-18/h1,6-7,12-13H,2-5,8-11H2,(H,16,19). The number of hydrogen-bond acceptors (Lipinski definition) is 3. The molecule has 0 atom stereocenters. The Morgan fingerprint density at radius 3 is 2.60 bits per heavy atom. The quantitative estimate of drug-likeness (QED) is 0.890. The van der Waals surface area contributed by atoms with Gasteiger partial charge >= 0.3 is 6.03 Å². The SMILES string of the molecule is O=C(NC1CCOCC1)N1CCC(n2cccn2)CC1. The van der Waals surface area contributed by atoms with Gasteiger partial charge in [-0.05, 0) is 31.7 Å². The summed E-state index contributed by atoms with van der Waals surface area (Å²) < 4.78 is 7.32. The number of urea groups is 1. The van der Waals surface area contributed by atoms with Gasteiger partial charge in [0.1, 0.15) is 0 Å². The summed E-state index contributed by atoms with van der Waals surface area (Å²) >= 11 is 0. The summed E-state index contributed by atoms with van der Waals surface area (Å²) in [5.41, 5.74) is 0. The molecular weight excluding hydrogens is 256 g/mol. The van der Waals surface area contributed by atoms with Crippen LogP contribution in [0.5, 0.6) is 0 Å². The van der Waals surface area contributed by atoms with Gasteiger partial charge in [0, 0.05) is 44.7 Å². The number of nitrogens with one attached hydrogen (secondary N) is 1. The van der Waals surface area contributed by atoms with E-state index in [9.17, 15) is 4.79 Å². The fourth-order valence-corrected chi connectivity index (χ4v) is 2.94. The number of hydrogen-bond donors (Lipinski definition) is 1. The molecule has 0 radical (unpaired) electrons. The van der Waals surface area contributed by atoms with Gasteiger partial charge in [-0.25, -0.2) is 4.79 Å². The van der Waals surface area contributed by atoms with Crippen LogP contribution in [0, 0.1) is 0 Å². The highest BCUT2D eigenvalue weighted by Gasteiger charge is 2.25. The van der Waals surface area contributed by atoms with Crippen molar-refractivity contribution in [3.8, 4) is 0 Å². The minimum Gasteiger partial charge on any atom is -0.381 e. The first-order chi connectivity index (χ1) is 9.83. The van der Waals surface area contributed by atoms with Crippen molar-refractivity contribution in [2.45, 2.75) is 37.8 Å². The van der Waals surface area contributed by atoms with Gasteiger partial charge in [0.15, 0.2) is 0 Å². The van der Waals surface area contributed by atoms with Gasteiger partial charge < -0.3 is 15.0 Å². The Morgan fingerprint density at radius 2 is 1.95 bits per heavy atom. The molecule has 0 spiro atoms. The fourth-order valence-electron chi connectivity index (χ4n) is 2.94. The van der Waals surface area contributed by atoms with E-state index in [0.717, 1.165) is 52.0 Å². The summed E-state index contributed by atoms with van der Waals surface area (Å²) in [5.74, 6) is 0. The Labute approximate surface area is 119 Å². The molecule has 1 N–H and O–H groups in total. The van der Waals surface area contributed by atoms with Crippen LogP contribution in [-0.4, -0.2) is 53.1 Å². The summed E-state index contributed by atoms with van der Waals surface area (Å²) in [7, 11) is 0. The maximum absolute atomic E-state index is 12.2. The monoisotopic (exact) mass is 278 g/mol. The zero-order valence-electron chi connectivity index (χ0n) is 11.7. The fraction of sp³-hybridized carbons (Fsp3) is 0.714. The van der Waals surface area contributed by atoms with Crippen LogP contribution >= 0.6 is 0 Å². The van der Waals surface area contributed by atoms with Gasteiger partial charge in [-0.1, -0.05) is 0 Å². The number of aromatic nitrogens is 2. The molecule has 110 valence electrons. The van der Waals surface area contributed by atoms with E-state index in [2.05, 4.69) is 10.4 Å². The van der Waals surface area contributed by atoms with Crippen LogP contribution in [0.25, 0.3) is 0 Å². The number of piperidine rings is 1. The maximum atomic E-state index is 12.2. The Kier molecular flexibility index (Phi) is 4.20. The lowest BCUT2D eigenvalue weighted by Crippen LogP contribution is -2.49. The third-order valence-electron chi connectivity index (χ3n) is 4.20. The highest BCUT2D eigenvalue weighted by Crippen LogP contribution is 2.21. The third kappa shape index (κ3) is 3.12. The van der Waals surface area contributed by atoms with Gasteiger partial charge in [-0.15, -0.1) is 0 Å². The molecule has 0 saturated carbocycles. The largest absolute Gasteiger partial charge is 0.381 e. The Bertz CT molecular complexity index is 420. The van der Waals surface area contributed by atoms with Crippen LogP contribution in [0.1, 0.15) is 31.7 Å². The van der Waals surface area contributed by atoms with Crippen molar-refractivity contribution in [2.24, 2.45) is 0 Å². The van der Waals surface area contributed by atoms with Crippen molar-refractivity contribution < 1.29 is 9.53 Å². The molecule has 0 aliphatic carbocycles. The number of rotatable bonds is 2. The van der Waals surface area contributed by atoms with Crippen molar-refractivity contribution in [1.82, 2.24) is 20.0 Å². The molecule has 6 nitrogen and oxygen atoms in total. The zero-order chi connectivity index (χ0) is 13.8. The van der Waals surface area contributed by atoms with Crippen LogP contribution < -0.4 is 5.32 Å². The van der Waals surface area contributed by atoms with E-state index in [0.29, 0.717) is 6.04 Å². The molecule has 2 aliphatic rings. The molecule has 6 heteroatoms. The molecule has 1 aromatic heterocycles. The summed E-state index contributed by atoms with van der Waals surface area (Å²) in [6, 6.07) is 2.73. The molecular formula is C14H22N4O2. The third-order valence-corrected chi connectivity index (χ3v) is 4.20. The van der Waals surface area contributed by atoms with E-state index in [4.69, 9.17) is 4.74 Å². The van der Waals surface area contributed by atoms with Crippen LogP contribution in [0.4, 0.5) is 4.79 Å². The van der Waals surface area contributed by atoms with Gasteiger partial charge in [-0.2, -0.15) is 5.10 Å². The minimum atomic E-state index is 0.0795. The molecule has 0 unspecified atom stereocenters. The molecule has 2 amide bonds. The molecule has 0 aromatic carbocycles. The highest BCUT2D eigenvalue weighted by atomic mass is 16.5. The van der Waals surface area contributed by atoms with Crippen LogP contribution in [0.2, 0.25) is 0 Å². The van der Waals surface area contributed by atoms with Gasteiger partial charge in [0.05, 0.1) is 6.04 Å². The van der Waals surface area contributed by atoms with Crippen molar-refractivity contribution >= 4 is 6.03 Å². The van der Waals surface area contributed by atoms with E-state index in [-0.39, 0.29) is 12.1 Å². The zero-order valence-corrected chi connectivity index (χ0v) is 11.7. The average Bonchev–Trinajstić information content (AvgIpc) is 3.03. The van der Waals surface area contributed by atoms with Gasteiger partial charge in [0.2, 0.25) is 0 Å². The molecule has 2 saturated heterocycles. The van der Waals surface area contributed by atoms with Crippen molar-refractivity contribution in [3.05, 3.63) is 18.5 Å². The number of nitrogens with zero attached hydrogens (tertiary/aromatic N) is 3. The second-order valence-corrected chi connectivity index (χ2v) is 5.54. The molecule has 20 heavy (non-hydrogen) atoms. The molecule has 3 heterocycles. The topological polar surface area (TPSA) is 59.4 Å². The normalized spacial score (nSPS) is 21.9. The second-order valence-electron chi connectivity index (χ2n) is 5.54. The van der Waals surface area contributed by atoms with E-state index < -0.39 is 0 Å². The smallest absolute Gasteiger partial charge is 0.317 e. The number of carbonyl (C=O) groups is 1. The van der Waals surface area contributed by atoms with Crippen LogP contribution in [-0.2, 0) is 4.74 Å². The maximum Gasteiger partial charge on any atom is 0.317 e. The first kappa shape index (κ1) is 13.4. The van der Waals surface area contributed by atoms with Crippen molar-refractivity contribution in [2.75, 3.05) is 26.3 Å². The Morgan fingerprint density at radius 1 is 1.20 bits per heavy atom. The molecule has 2 aliphatic heterocycles. The molecule has 2 fully saturated rings. The summed E-state index contributed by atoms with van der Waals surface area (Å²) in [6.45, 7) is 3.12. The van der Waals surface area contributed by atoms with Crippen molar-refractivity contribution in [1.29, 1.82) is 0 Å². The van der Waals surface area contributed by atoms with Gasteiger partial charge in [-0.3, -0.25) is 4.68 Å². The van der Waals surface area contributed by atoms with E-state index in [1.165, 1.54) is 0 Å². The summed E-state index contributed by atoms with van der Waals surface area (Å²) in [6.07, 6.45) is 7.61. The molecule has 1 aromatic rings. The number of likely N-dealkylation sites (tertiary alicyclic amines) is 1. The summed E-state index contributed by atoms with van der Waals surface area (Å²) in [5, 5.41) is 7.41. The summed E-state index contributed by atoms with van der Waals surface area (Å²) in [4.78, 5) is 14.1. The molecule has 0 bridgehead atoms. The van der Waals surface area contributed by atoms with Crippen molar-refractivity contribution in [3.63, 3.8) is 0 Å². The second kappa shape index (κ2) is 6.26. The Balaban J connectivity index is 1.46. The van der Waals surface area contributed by atoms with Crippen LogP contribution in [0.3, 0.4) is 0 Å². The number of ether oxygens (including phenoxy) is 1. The highest BCUT2D eigenvalue weighted by molar-refractivity contribution is 5.74. The number of amides is 2. The molecule has 3 rings (SSSR count). The van der Waals surface area contributed by atoms with E-state index >= 15 is 0 Å².